The Hall–Kier alpha value is -2.71. The minimum Gasteiger partial charge on any atom is -0.478 e. The van der Waals surface area contributed by atoms with E-state index < -0.39 is 26.8 Å². The number of nitrogen functional groups attached to an aromatic ring is 1. The van der Waals surface area contributed by atoms with Gasteiger partial charge in [-0.2, -0.15) is 8.42 Å². The molecule has 0 aromatic heterocycles. The Morgan fingerprint density at radius 2 is 1.59 bits per heavy atom. The third-order valence-electron chi connectivity index (χ3n) is 2.95. The van der Waals surface area contributed by atoms with E-state index in [-0.39, 0.29) is 22.4 Å². The molecule has 2 aromatic carbocycles. The molecule has 0 aliphatic heterocycles. The van der Waals surface area contributed by atoms with Gasteiger partial charge in [0.05, 0.1) is 11.3 Å². The number of hydrogen-bond acceptors (Lipinski definition) is 5. The van der Waals surface area contributed by atoms with Crippen molar-refractivity contribution in [2.45, 2.75) is 4.90 Å². The van der Waals surface area contributed by atoms with E-state index in [1.54, 1.807) is 0 Å². The number of rotatable bonds is 4. The fourth-order valence-corrected chi connectivity index (χ4v) is 2.54. The SMILES string of the molecule is Nc1cc(C(=O)c2ccccc2C(=O)O)ccc1S(=O)(=O)O. The molecule has 114 valence electrons. The highest BCUT2D eigenvalue weighted by Crippen LogP contribution is 2.22. The van der Waals surface area contributed by atoms with E-state index in [0.29, 0.717) is 0 Å². The number of aromatic carboxylic acids is 1. The first-order valence-electron chi connectivity index (χ1n) is 5.96. The van der Waals surface area contributed by atoms with Crippen LogP contribution in [0.4, 0.5) is 5.69 Å². The van der Waals surface area contributed by atoms with Gasteiger partial charge in [-0.05, 0) is 24.3 Å². The van der Waals surface area contributed by atoms with Crippen molar-refractivity contribution in [1.82, 2.24) is 0 Å². The number of anilines is 1. The molecule has 0 aliphatic carbocycles. The number of hydrogen-bond donors (Lipinski definition) is 3. The fraction of sp³-hybridized carbons (Fsp3) is 0. The molecule has 0 aliphatic rings. The van der Waals surface area contributed by atoms with E-state index in [1.165, 1.54) is 24.3 Å². The van der Waals surface area contributed by atoms with Crippen molar-refractivity contribution in [3.63, 3.8) is 0 Å². The predicted molar refractivity (Wildman–Crippen MR) is 77.5 cm³/mol. The summed E-state index contributed by atoms with van der Waals surface area (Å²) in [5.74, 6) is -1.88. The van der Waals surface area contributed by atoms with Crippen molar-refractivity contribution < 1.29 is 27.7 Å². The number of ketones is 1. The Morgan fingerprint density at radius 1 is 1.00 bits per heavy atom. The highest BCUT2D eigenvalue weighted by Gasteiger charge is 2.20. The molecule has 0 fully saturated rings. The van der Waals surface area contributed by atoms with Gasteiger partial charge in [-0.15, -0.1) is 0 Å². The van der Waals surface area contributed by atoms with Gasteiger partial charge in [-0.1, -0.05) is 18.2 Å². The van der Waals surface area contributed by atoms with Gasteiger partial charge in [-0.3, -0.25) is 9.35 Å². The smallest absolute Gasteiger partial charge is 0.336 e. The van der Waals surface area contributed by atoms with Crippen molar-refractivity contribution in [3.05, 3.63) is 59.2 Å². The molecule has 0 bridgehead atoms. The quantitative estimate of drug-likeness (QED) is 0.440. The van der Waals surface area contributed by atoms with Gasteiger partial charge in [0.15, 0.2) is 5.78 Å². The third kappa shape index (κ3) is 2.97. The largest absolute Gasteiger partial charge is 0.478 e. The maximum Gasteiger partial charge on any atom is 0.336 e. The fourth-order valence-electron chi connectivity index (χ4n) is 1.95. The number of benzene rings is 2. The molecule has 0 atom stereocenters. The zero-order valence-electron chi connectivity index (χ0n) is 11.1. The summed E-state index contributed by atoms with van der Waals surface area (Å²) in [5.41, 5.74) is 5.00. The van der Waals surface area contributed by atoms with Gasteiger partial charge >= 0.3 is 5.97 Å². The highest BCUT2D eigenvalue weighted by atomic mass is 32.2. The number of carboxylic acids is 1. The number of carbonyl (C=O) groups excluding carboxylic acids is 1. The van der Waals surface area contributed by atoms with Crippen LogP contribution in [-0.4, -0.2) is 29.8 Å². The Morgan fingerprint density at radius 3 is 2.09 bits per heavy atom. The maximum atomic E-state index is 12.4. The van der Waals surface area contributed by atoms with Gasteiger partial charge < -0.3 is 10.8 Å². The summed E-state index contributed by atoms with van der Waals surface area (Å²) in [6.07, 6.45) is 0. The highest BCUT2D eigenvalue weighted by molar-refractivity contribution is 7.86. The summed E-state index contributed by atoms with van der Waals surface area (Å²) in [4.78, 5) is 23.0. The Labute approximate surface area is 125 Å². The van der Waals surface area contributed by atoms with Gasteiger partial charge in [-0.25, -0.2) is 4.79 Å². The molecule has 0 saturated carbocycles. The van der Waals surface area contributed by atoms with Crippen LogP contribution in [0.5, 0.6) is 0 Å². The van der Waals surface area contributed by atoms with Crippen LogP contribution in [0.25, 0.3) is 0 Å². The number of nitrogens with two attached hydrogens (primary N) is 1. The average molecular weight is 321 g/mol. The van der Waals surface area contributed by atoms with Gasteiger partial charge in [0.25, 0.3) is 10.1 Å². The lowest BCUT2D eigenvalue weighted by molar-refractivity contribution is 0.0692. The van der Waals surface area contributed by atoms with Crippen LogP contribution in [0.3, 0.4) is 0 Å². The van der Waals surface area contributed by atoms with Crippen molar-refractivity contribution in [3.8, 4) is 0 Å². The first-order valence-corrected chi connectivity index (χ1v) is 7.40. The molecule has 0 radical (unpaired) electrons. The van der Waals surface area contributed by atoms with Crippen LogP contribution in [0, 0.1) is 0 Å². The molecule has 0 unspecified atom stereocenters. The van der Waals surface area contributed by atoms with Crippen LogP contribution >= 0.6 is 0 Å². The second-order valence-corrected chi connectivity index (χ2v) is 5.80. The van der Waals surface area contributed by atoms with Crippen LogP contribution in [-0.2, 0) is 10.1 Å². The van der Waals surface area contributed by atoms with E-state index in [9.17, 15) is 18.0 Å². The zero-order chi connectivity index (χ0) is 16.5. The summed E-state index contributed by atoms with van der Waals surface area (Å²) in [5, 5.41) is 9.08. The monoisotopic (exact) mass is 321 g/mol. The lowest BCUT2D eigenvalue weighted by atomic mass is 9.98. The average Bonchev–Trinajstić information content (AvgIpc) is 2.45. The van der Waals surface area contributed by atoms with Crippen molar-refractivity contribution in [2.24, 2.45) is 0 Å². The first-order chi connectivity index (χ1) is 10.2. The normalized spacial score (nSPS) is 11.1. The second-order valence-electron chi connectivity index (χ2n) is 4.41. The predicted octanol–water partition coefficient (Wildman–Crippen LogP) is 1.44. The number of carbonyl (C=O) groups is 2. The minimum atomic E-state index is -4.49. The molecule has 0 saturated heterocycles. The van der Waals surface area contributed by atoms with Gasteiger partial charge in [0.1, 0.15) is 4.90 Å². The first kappa shape index (κ1) is 15.7. The van der Waals surface area contributed by atoms with Crippen LogP contribution in [0.1, 0.15) is 26.3 Å². The standard InChI is InChI=1S/C14H11NO6S/c15-11-7-8(5-6-12(11)22(19,20)21)13(16)9-3-1-2-4-10(9)14(17)18/h1-7H,15H2,(H,17,18)(H,19,20,21). The van der Waals surface area contributed by atoms with Crippen molar-refractivity contribution >= 4 is 27.6 Å². The molecule has 4 N–H and O–H groups in total. The molecule has 0 amide bonds. The van der Waals surface area contributed by atoms with Crippen molar-refractivity contribution in [2.75, 3.05) is 5.73 Å². The third-order valence-corrected chi connectivity index (χ3v) is 3.88. The Balaban J connectivity index is 2.52. The topological polar surface area (TPSA) is 135 Å². The van der Waals surface area contributed by atoms with Crippen LogP contribution in [0.2, 0.25) is 0 Å². The van der Waals surface area contributed by atoms with E-state index in [2.05, 4.69) is 0 Å². The summed E-state index contributed by atoms with van der Waals surface area (Å²) >= 11 is 0. The molecule has 8 heteroatoms. The summed E-state index contributed by atoms with van der Waals surface area (Å²) < 4.78 is 31.1. The van der Waals surface area contributed by atoms with Crippen molar-refractivity contribution in [1.29, 1.82) is 0 Å². The Kier molecular flexibility index (Phi) is 3.98. The van der Waals surface area contributed by atoms with Gasteiger partial charge in [0, 0.05) is 11.1 Å². The zero-order valence-corrected chi connectivity index (χ0v) is 11.9. The van der Waals surface area contributed by atoms with E-state index >= 15 is 0 Å². The molecular formula is C14H11NO6S. The molecule has 22 heavy (non-hydrogen) atoms. The molecular weight excluding hydrogens is 310 g/mol. The number of carboxylic acid groups (broad SMARTS) is 1. The molecule has 0 heterocycles. The van der Waals surface area contributed by atoms with E-state index in [0.717, 1.165) is 18.2 Å². The molecule has 2 rings (SSSR count). The summed E-state index contributed by atoms with van der Waals surface area (Å²) in [6, 6.07) is 8.83. The van der Waals surface area contributed by atoms with Gasteiger partial charge in [0.2, 0.25) is 0 Å². The Bertz CT molecular complexity index is 873. The lowest BCUT2D eigenvalue weighted by Gasteiger charge is -2.07. The maximum absolute atomic E-state index is 12.4. The lowest BCUT2D eigenvalue weighted by Crippen LogP contribution is -2.11. The second kappa shape index (κ2) is 5.58. The molecule has 2 aromatic rings. The van der Waals surface area contributed by atoms with E-state index in [4.69, 9.17) is 15.4 Å². The minimum absolute atomic E-state index is 0.0126. The van der Waals surface area contributed by atoms with Crippen LogP contribution in [0.15, 0.2) is 47.4 Å². The van der Waals surface area contributed by atoms with Crippen LogP contribution < -0.4 is 5.73 Å². The van der Waals surface area contributed by atoms with E-state index in [1.807, 2.05) is 0 Å². The molecule has 7 nitrogen and oxygen atoms in total. The summed E-state index contributed by atoms with van der Waals surface area (Å²) in [7, 11) is -4.49. The summed E-state index contributed by atoms with van der Waals surface area (Å²) in [6.45, 7) is 0. The molecule has 0 spiro atoms.